The Labute approximate surface area is 145 Å². The molecule has 0 bridgehead atoms. The second-order valence-corrected chi connectivity index (χ2v) is 6.15. The molecule has 0 unspecified atom stereocenters. The van der Waals surface area contributed by atoms with E-state index in [0.29, 0.717) is 11.4 Å². The van der Waals surface area contributed by atoms with Crippen LogP contribution in [0.15, 0.2) is 43.1 Å². The summed E-state index contributed by atoms with van der Waals surface area (Å²) in [6.45, 7) is 0. The molecule has 1 aliphatic carbocycles. The van der Waals surface area contributed by atoms with Crippen molar-refractivity contribution in [2.24, 2.45) is 7.05 Å². The van der Waals surface area contributed by atoms with Gasteiger partial charge < -0.3 is 5.32 Å². The van der Waals surface area contributed by atoms with Crippen molar-refractivity contribution in [3.05, 3.63) is 59.9 Å². The van der Waals surface area contributed by atoms with Gasteiger partial charge in [-0.15, -0.1) is 0 Å². The van der Waals surface area contributed by atoms with Crippen molar-refractivity contribution in [1.29, 1.82) is 0 Å². The molecule has 0 spiro atoms. The number of aromatic nitrogens is 5. The zero-order valence-corrected chi connectivity index (χ0v) is 13.9. The number of pyridine rings is 1. The molecule has 3 aromatic rings. The molecule has 3 heterocycles. The Morgan fingerprint density at radius 1 is 1.28 bits per heavy atom. The summed E-state index contributed by atoms with van der Waals surface area (Å²) in [5.41, 5.74) is 3.51. The minimum Gasteiger partial charge on any atom is -0.345 e. The SMILES string of the molecule is Cn1cc(C(=O)N[C@@H]2CCCc3nc(-c4ccncc4)ncc32)cn1. The van der Waals surface area contributed by atoms with Crippen LogP contribution >= 0.6 is 0 Å². The van der Waals surface area contributed by atoms with Gasteiger partial charge in [0, 0.05) is 48.7 Å². The molecule has 7 nitrogen and oxygen atoms in total. The highest BCUT2D eigenvalue weighted by Gasteiger charge is 2.24. The molecule has 0 aromatic carbocycles. The normalized spacial score (nSPS) is 16.3. The van der Waals surface area contributed by atoms with Crippen molar-refractivity contribution >= 4 is 5.91 Å². The number of carbonyl (C=O) groups is 1. The molecule has 4 rings (SSSR count). The Morgan fingerprint density at radius 2 is 2.12 bits per heavy atom. The lowest BCUT2D eigenvalue weighted by atomic mass is 9.92. The van der Waals surface area contributed by atoms with Gasteiger partial charge in [0.15, 0.2) is 5.82 Å². The molecule has 0 fully saturated rings. The summed E-state index contributed by atoms with van der Waals surface area (Å²) in [6.07, 6.45) is 11.4. The van der Waals surface area contributed by atoms with E-state index < -0.39 is 0 Å². The minimum absolute atomic E-state index is 0.0667. The van der Waals surface area contributed by atoms with Crippen LogP contribution in [0.5, 0.6) is 0 Å². The predicted molar refractivity (Wildman–Crippen MR) is 91.6 cm³/mol. The summed E-state index contributed by atoms with van der Waals surface area (Å²) >= 11 is 0. The predicted octanol–water partition coefficient (Wildman–Crippen LogP) is 2.08. The highest BCUT2D eigenvalue weighted by atomic mass is 16.1. The first-order valence-electron chi connectivity index (χ1n) is 8.26. The van der Waals surface area contributed by atoms with E-state index in [1.807, 2.05) is 18.3 Å². The fourth-order valence-electron chi connectivity index (χ4n) is 3.12. The molecule has 1 atom stereocenters. The van der Waals surface area contributed by atoms with Crippen molar-refractivity contribution < 1.29 is 4.79 Å². The number of rotatable bonds is 3. The lowest BCUT2D eigenvalue weighted by Crippen LogP contribution is -2.31. The monoisotopic (exact) mass is 334 g/mol. The van der Waals surface area contributed by atoms with Gasteiger partial charge in [-0.1, -0.05) is 0 Å². The molecule has 0 saturated heterocycles. The zero-order chi connectivity index (χ0) is 17.2. The average Bonchev–Trinajstić information content (AvgIpc) is 3.09. The Hall–Kier alpha value is -3.09. The van der Waals surface area contributed by atoms with Crippen molar-refractivity contribution in [2.75, 3.05) is 0 Å². The van der Waals surface area contributed by atoms with Gasteiger partial charge in [-0.05, 0) is 31.4 Å². The molecule has 3 aromatic heterocycles. The fraction of sp³-hybridized carbons (Fsp3) is 0.278. The van der Waals surface area contributed by atoms with Gasteiger partial charge in [0.25, 0.3) is 5.91 Å². The molecule has 0 saturated carbocycles. The van der Waals surface area contributed by atoms with Crippen LogP contribution in [-0.2, 0) is 13.5 Å². The molecular formula is C18H18N6O. The van der Waals surface area contributed by atoms with Crippen LogP contribution in [0.2, 0.25) is 0 Å². The maximum absolute atomic E-state index is 12.4. The van der Waals surface area contributed by atoms with Crippen molar-refractivity contribution in [2.45, 2.75) is 25.3 Å². The van der Waals surface area contributed by atoms with Crippen molar-refractivity contribution in [1.82, 2.24) is 30.0 Å². The first-order valence-corrected chi connectivity index (χ1v) is 8.26. The highest BCUT2D eigenvalue weighted by molar-refractivity contribution is 5.94. The number of hydrogen-bond acceptors (Lipinski definition) is 5. The van der Waals surface area contributed by atoms with E-state index in [0.717, 1.165) is 36.1 Å². The number of amides is 1. The number of nitrogens with one attached hydrogen (secondary N) is 1. The lowest BCUT2D eigenvalue weighted by molar-refractivity contribution is 0.0932. The Morgan fingerprint density at radius 3 is 2.88 bits per heavy atom. The molecule has 7 heteroatoms. The zero-order valence-electron chi connectivity index (χ0n) is 13.9. The third-order valence-electron chi connectivity index (χ3n) is 4.39. The van der Waals surface area contributed by atoms with E-state index >= 15 is 0 Å². The third-order valence-corrected chi connectivity index (χ3v) is 4.39. The molecule has 1 aliphatic rings. The van der Waals surface area contributed by atoms with Crippen LogP contribution in [0, 0.1) is 0 Å². The lowest BCUT2D eigenvalue weighted by Gasteiger charge is -2.25. The van der Waals surface area contributed by atoms with E-state index in [1.165, 1.54) is 0 Å². The number of nitrogens with zero attached hydrogens (tertiary/aromatic N) is 5. The second-order valence-electron chi connectivity index (χ2n) is 6.15. The summed E-state index contributed by atoms with van der Waals surface area (Å²) < 4.78 is 1.62. The summed E-state index contributed by atoms with van der Waals surface area (Å²) in [4.78, 5) is 25.6. The van der Waals surface area contributed by atoms with E-state index in [9.17, 15) is 4.79 Å². The second kappa shape index (κ2) is 6.43. The van der Waals surface area contributed by atoms with Gasteiger partial charge in [0.05, 0.1) is 17.8 Å². The van der Waals surface area contributed by atoms with E-state index in [-0.39, 0.29) is 11.9 Å². The number of carbonyl (C=O) groups excluding carboxylic acids is 1. The fourth-order valence-corrected chi connectivity index (χ4v) is 3.12. The van der Waals surface area contributed by atoms with Crippen LogP contribution in [0.25, 0.3) is 11.4 Å². The third kappa shape index (κ3) is 3.13. The van der Waals surface area contributed by atoms with Gasteiger partial charge in [-0.25, -0.2) is 9.97 Å². The summed E-state index contributed by atoms with van der Waals surface area (Å²) in [5, 5.41) is 7.13. The maximum Gasteiger partial charge on any atom is 0.254 e. The van der Waals surface area contributed by atoms with E-state index in [2.05, 4.69) is 20.4 Å². The van der Waals surface area contributed by atoms with Crippen LogP contribution in [0.1, 0.15) is 40.5 Å². The molecule has 1 N–H and O–H groups in total. The van der Waals surface area contributed by atoms with Gasteiger partial charge >= 0.3 is 0 Å². The molecule has 126 valence electrons. The molecular weight excluding hydrogens is 316 g/mol. The van der Waals surface area contributed by atoms with Crippen molar-refractivity contribution in [3.63, 3.8) is 0 Å². The summed E-state index contributed by atoms with van der Waals surface area (Å²) in [7, 11) is 1.79. The number of fused-ring (bicyclic) bond motifs is 1. The molecule has 25 heavy (non-hydrogen) atoms. The average molecular weight is 334 g/mol. The molecule has 1 amide bonds. The molecule has 0 aliphatic heterocycles. The Balaban J connectivity index is 1.59. The molecule has 0 radical (unpaired) electrons. The first-order chi connectivity index (χ1) is 12.2. The van der Waals surface area contributed by atoms with Crippen LogP contribution in [0.4, 0.5) is 0 Å². The van der Waals surface area contributed by atoms with Crippen LogP contribution < -0.4 is 5.32 Å². The van der Waals surface area contributed by atoms with Gasteiger partial charge in [-0.3, -0.25) is 14.5 Å². The van der Waals surface area contributed by atoms with Crippen LogP contribution in [-0.4, -0.2) is 30.6 Å². The van der Waals surface area contributed by atoms with E-state index in [1.54, 1.807) is 36.5 Å². The van der Waals surface area contributed by atoms with Crippen LogP contribution in [0.3, 0.4) is 0 Å². The van der Waals surface area contributed by atoms with E-state index in [4.69, 9.17) is 4.98 Å². The standard InChI is InChI=1S/C18H18N6O/c1-24-11-13(9-21-24)18(25)23-16-4-2-3-15-14(16)10-20-17(22-15)12-5-7-19-8-6-12/h5-11,16H,2-4H2,1H3,(H,23,25)/t16-/m1/s1. The van der Waals surface area contributed by atoms with Gasteiger partial charge in [-0.2, -0.15) is 5.10 Å². The smallest absolute Gasteiger partial charge is 0.254 e. The van der Waals surface area contributed by atoms with Gasteiger partial charge in [0.1, 0.15) is 0 Å². The number of aryl methyl sites for hydroxylation is 2. The first kappa shape index (κ1) is 15.4. The van der Waals surface area contributed by atoms with Crippen molar-refractivity contribution in [3.8, 4) is 11.4 Å². The summed E-state index contributed by atoms with van der Waals surface area (Å²) in [6, 6.07) is 3.72. The minimum atomic E-state index is -0.121. The maximum atomic E-state index is 12.4. The number of hydrogen-bond donors (Lipinski definition) is 1. The largest absolute Gasteiger partial charge is 0.345 e. The summed E-state index contributed by atoms with van der Waals surface area (Å²) in [5.74, 6) is 0.574. The highest BCUT2D eigenvalue weighted by Crippen LogP contribution is 2.29. The quantitative estimate of drug-likeness (QED) is 0.792. The topological polar surface area (TPSA) is 85.6 Å². The van der Waals surface area contributed by atoms with Gasteiger partial charge in [0.2, 0.25) is 0 Å². The Bertz CT molecular complexity index is 905. The Kier molecular flexibility index (Phi) is 3.97.